The molecular weight excluding hydrogens is 473 g/mol. The molecule has 0 aliphatic carbocycles. The number of esters is 1. The number of urea groups is 1. The first-order chi connectivity index (χ1) is 17.6. The highest BCUT2D eigenvalue weighted by Gasteiger charge is 2.38. The highest BCUT2D eigenvalue weighted by atomic mass is 19.1. The van der Waals surface area contributed by atoms with Gasteiger partial charge in [-0.25, -0.2) is 14.0 Å². The van der Waals surface area contributed by atoms with Crippen molar-refractivity contribution in [2.45, 2.75) is 40.3 Å². The Bertz CT molecular complexity index is 1390. The van der Waals surface area contributed by atoms with E-state index in [1.165, 1.54) is 24.1 Å². The first-order valence-electron chi connectivity index (χ1n) is 12.1. The molecule has 0 radical (unpaired) electrons. The number of anilines is 2. The molecule has 0 aromatic heterocycles. The van der Waals surface area contributed by atoms with E-state index in [9.17, 15) is 18.8 Å². The van der Waals surface area contributed by atoms with Crippen molar-refractivity contribution in [2.24, 2.45) is 5.92 Å². The molecule has 192 valence electrons. The number of hydrogen-bond acceptors (Lipinski definition) is 4. The van der Waals surface area contributed by atoms with Crippen LogP contribution in [0.1, 0.15) is 40.9 Å². The van der Waals surface area contributed by atoms with Gasteiger partial charge < -0.3 is 20.3 Å². The molecule has 1 aliphatic rings. The number of carbonyl (C=O) groups is 3. The number of fused-ring (bicyclic) bond motifs is 1. The summed E-state index contributed by atoms with van der Waals surface area (Å²) in [7, 11) is 1.31. The van der Waals surface area contributed by atoms with Crippen LogP contribution in [0.4, 0.5) is 20.6 Å². The van der Waals surface area contributed by atoms with Gasteiger partial charge in [0.1, 0.15) is 11.9 Å². The third-order valence-corrected chi connectivity index (χ3v) is 6.67. The van der Waals surface area contributed by atoms with E-state index in [1.807, 2.05) is 52.0 Å². The molecule has 2 N–H and O–H groups in total. The maximum atomic E-state index is 14.9. The fourth-order valence-electron chi connectivity index (χ4n) is 4.51. The van der Waals surface area contributed by atoms with Crippen molar-refractivity contribution in [3.8, 4) is 11.1 Å². The van der Waals surface area contributed by atoms with Gasteiger partial charge in [0.25, 0.3) is 5.91 Å². The smallest absolute Gasteiger partial charge is 0.328 e. The number of aryl methyl sites for hydroxylation is 2. The average molecular weight is 504 g/mol. The van der Waals surface area contributed by atoms with Gasteiger partial charge >= 0.3 is 12.0 Å². The Morgan fingerprint density at radius 1 is 0.946 bits per heavy atom. The van der Waals surface area contributed by atoms with Crippen LogP contribution in [0.15, 0.2) is 54.6 Å². The van der Waals surface area contributed by atoms with Gasteiger partial charge in [-0.1, -0.05) is 38.1 Å². The summed E-state index contributed by atoms with van der Waals surface area (Å²) in [6.45, 7) is 7.96. The van der Waals surface area contributed by atoms with Gasteiger partial charge in [-0.2, -0.15) is 0 Å². The normalized spacial score (nSPS) is 13.4. The van der Waals surface area contributed by atoms with Crippen LogP contribution in [0.5, 0.6) is 0 Å². The van der Waals surface area contributed by atoms with E-state index in [-0.39, 0.29) is 17.5 Å². The van der Waals surface area contributed by atoms with Gasteiger partial charge in [-0.05, 0) is 77.9 Å². The van der Waals surface area contributed by atoms with Crippen LogP contribution in [-0.4, -0.2) is 36.0 Å². The number of nitrogens with zero attached hydrogens (tertiary/aromatic N) is 1. The molecule has 3 amide bonds. The molecule has 0 saturated carbocycles. The highest BCUT2D eigenvalue weighted by Crippen LogP contribution is 2.32. The van der Waals surface area contributed by atoms with E-state index in [0.29, 0.717) is 28.9 Å². The lowest BCUT2D eigenvalue weighted by atomic mass is 10.00. The Labute approximate surface area is 215 Å². The average Bonchev–Trinajstić information content (AvgIpc) is 3.17. The van der Waals surface area contributed by atoms with E-state index in [0.717, 1.165) is 16.7 Å². The summed E-state index contributed by atoms with van der Waals surface area (Å²) in [6.07, 6.45) is 0. The largest absolute Gasteiger partial charge is 0.467 e. The zero-order chi connectivity index (χ0) is 26.9. The molecule has 0 bridgehead atoms. The number of amides is 3. The summed E-state index contributed by atoms with van der Waals surface area (Å²) in [5.74, 6) is -1.44. The minimum absolute atomic E-state index is 0.0337. The molecule has 7 nitrogen and oxygen atoms in total. The van der Waals surface area contributed by atoms with Crippen LogP contribution in [0.3, 0.4) is 0 Å². The predicted molar refractivity (Wildman–Crippen MR) is 141 cm³/mol. The van der Waals surface area contributed by atoms with E-state index < -0.39 is 23.9 Å². The first-order valence-corrected chi connectivity index (χ1v) is 12.1. The van der Waals surface area contributed by atoms with Crippen molar-refractivity contribution in [1.29, 1.82) is 0 Å². The molecule has 0 fully saturated rings. The zero-order valence-corrected chi connectivity index (χ0v) is 21.5. The maximum Gasteiger partial charge on any atom is 0.328 e. The third-order valence-electron chi connectivity index (χ3n) is 6.67. The summed E-state index contributed by atoms with van der Waals surface area (Å²) in [6, 6.07) is 14.1. The first kappa shape index (κ1) is 25.9. The Kier molecular flexibility index (Phi) is 7.29. The summed E-state index contributed by atoms with van der Waals surface area (Å²) in [5.41, 5.74) is 5.27. The second-order valence-corrected chi connectivity index (χ2v) is 9.59. The van der Waals surface area contributed by atoms with Crippen LogP contribution in [0.25, 0.3) is 11.1 Å². The van der Waals surface area contributed by atoms with Crippen LogP contribution in [0, 0.1) is 25.6 Å². The molecule has 4 rings (SSSR count). The highest BCUT2D eigenvalue weighted by molar-refractivity contribution is 6.02. The Morgan fingerprint density at radius 3 is 2.30 bits per heavy atom. The van der Waals surface area contributed by atoms with Crippen LogP contribution < -0.4 is 10.6 Å². The van der Waals surface area contributed by atoms with Gasteiger partial charge in [0, 0.05) is 17.8 Å². The third kappa shape index (κ3) is 5.33. The fraction of sp³-hybridized carbons (Fsp3) is 0.276. The number of methoxy groups -OCH3 is 1. The van der Waals surface area contributed by atoms with Crippen LogP contribution >= 0.6 is 0 Å². The van der Waals surface area contributed by atoms with Crippen molar-refractivity contribution >= 4 is 29.3 Å². The number of carbonyl (C=O) groups excluding carboxylic acids is 3. The Balaban J connectivity index is 1.51. The maximum absolute atomic E-state index is 14.9. The van der Waals surface area contributed by atoms with Gasteiger partial charge in [0.2, 0.25) is 0 Å². The number of ether oxygens (including phenoxy) is 1. The van der Waals surface area contributed by atoms with E-state index in [2.05, 4.69) is 10.6 Å². The minimum atomic E-state index is -0.689. The Hall–Kier alpha value is -4.20. The molecule has 37 heavy (non-hydrogen) atoms. The van der Waals surface area contributed by atoms with Crippen molar-refractivity contribution in [3.63, 3.8) is 0 Å². The molecule has 3 aromatic carbocycles. The summed E-state index contributed by atoms with van der Waals surface area (Å²) < 4.78 is 19.8. The monoisotopic (exact) mass is 503 g/mol. The minimum Gasteiger partial charge on any atom is -0.467 e. The summed E-state index contributed by atoms with van der Waals surface area (Å²) >= 11 is 0. The molecule has 8 heteroatoms. The molecule has 1 aliphatic heterocycles. The number of hydrogen-bond donors (Lipinski definition) is 2. The fourth-order valence-corrected chi connectivity index (χ4v) is 4.51. The van der Waals surface area contributed by atoms with E-state index in [4.69, 9.17) is 4.74 Å². The molecule has 0 saturated heterocycles. The molecule has 0 unspecified atom stereocenters. The SMILES string of the molecule is COC(=O)[C@H](C(C)C)N1Cc2ccc(-c3ccc(NC(=O)Nc4ccc(C)c(C)c4)c(F)c3)cc2C1=O. The lowest BCUT2D eigenvalue weighted by molar-refractivity contribution is -0.147. The molecule has 3 aromatic rings. The second-order valence-electron chi connectivity index (χ2n) is 9.59. The second kappa shape index (κ2) is 10.4. The van der Waals surface area contributed by atoms with Gasteiger partial charge in [-0.3, -0.25) is 4.79 Å². The van der Waals surface area contributed by atoms with Crippen molar-refractivity contribution in [2.75, 3.05) is 17.7 Å². The van der Waals surface area contributed by atoms with Crippen molar-refractivity contribution in [3.05, 3.63) is 82.7 Å². The Morgan fingerprint density at radius 2 is 1.65 bits per heavy atom. The van der Waals surface area contributed by atoms with E-state index in [1.54, 1.807) is 18.2 Å². The van der Waals surface area contributed by atoms with Crippen molar-refractivity contribution < 1.29 is 23.5 Å². The van der Waals surface area contributed by atoms with Gasteiger partial charge in [0.05, 0.1) is 12.8 Å². The standard InChI is InChI=1S/C29H30FN3O4/c1-16(2)26(28(35)37-5)33-15-21-8-7-19(13-23(21)27(33)34)20-9-11-25(24(30)14-20)32-29(36)31-22-10-6-17(3)18(4)12-22/h6-14,16,26H,15H2,1-5H3,(H2,31,32,36)/t26-/m0/s1. The quantitative estimate of drug-likeness (QED) is 0.410. The number of halogens is 1. The summed E-state index contributed by atoms with van der Waals surface area (Å²) in [4.78, 5) is 39.4. The molecule has 1 heterocycles. The van der Waals surface area contributed by atoms with Gasteiger partial charge in [0.15, 0.2) is 0 Å². The van der Waals surface area contributed by atoms with Crippen LogP contribution in [0.2, 0.25) is 0 Å². The number of nitrogens with one attached hydrogen (secondary N) is 2. The lowest BCUT2D eigenvalue weighted by Crippen LogP contribution is -2.45. The van der Waals surface area contributed by atoms with Crippen molar-refractivity contribution in [1.82, 2.24) is 4.90 Å². The van der Waals surface area contributed by atoms with Crippen LogP contribution in [-0.2, 0) is 16.1 Å². The van der Waals surface area contributed by atoms with Gasteiger partial charge in [-0.15, -0.1) is 0 Å². The predicted octanol–water partition coefficient (Wildman–Crippen LogP) is 5.91. The molecule has 1 atom stereocenters. The molecular formula is C29H30FN3O4. The lowest BCUT2D eigenvalue weighted by Gasteiger charge is -2.28. The molecule has 0 spiro atoms. The van der Waals surface area contributed by atoms with E-state index >= 15 is 0 Å². The number of benzene rings is 3. The topological polar surface area (TPSA) is 87.7 Å². The zero-order valence-electron chi connectivity index (χ0n) is 21.5. The summed E-state index contributed by atoms with van der Waals surface area (Å²) in [5, 5.41) is 5.24. The number of rotatable bonds is 6.